The third-order valence-corrected chi connectivity index (χ3v) is 7.82. The topological polar surface area (TPSA) is 89.1 Å². The second kappa shape index (κ2) is 10.2. The first kappa shape index (κ1) is 23.6. The minimum Gasteiger partial charge on any atom is -0.497 e. The van der Waals surface area contributed by atoms with Crippen molar-refractivity contribution >= 4 is 39.1 Å². The zero-order valence-electron chi connectivity index (χ0n) is 20.4. The van der Waals surface area contributed by atoms with E-state index in [0.717, 1.165) is 23.5 Å². The van der Waals surface area contributed by atoms with Crippen LogP contribution in [0.1, 0.15) is 29.1 Å². The van der Waals surface area contributed by atoms with E-state index in [1.165, 1.54) is 28.7 Å². The third-order valence-electron chi connectivity index (χ3n) is 6.63. The molecule has 0 spiro atoms. The number of anilines is 2. The SMILES string of the molecule is COCc1nc(N2CCN(C(=O)Nc3ccc(OC)cc3OC)CC2)c2c3c(sc2n1)CCCC3. The first-order valence-electron chi connectivity index (χ1n) is 11.9. The zero-order valence-corrected chi connectivity index (χ0v) is 21.2. The van der Waals surface area contributed by atoms with Crippen LogP contribution < -0.4 is 19.7 Å². The fraction of sp³-hybridized carbons (Fsp3) is 0.480. The molecule has 1 N–H and O–H groups in total. The molecule has 1 aromatic carbocycles. The van der Waals surface area contributed by atoms with Crippen LogP contribution >= 0.6 is 11.3 Å². The van der Waals surface area contributed by atoms with Gasteiger partial charge in [-0.15, -0.1) is 11.3 Å². The number of amides is 2. The van der Waals surface area contributed by atoms with E-state index in [1.807, 2.05) is 4.90 Å². The molecule has 35 heavy (non-hydrogen) atoms. The number of ether oxygens (including phenoxy) is 3. The number of thiophene rings is 1. The maximum Gasteiger partial charge on any atom is 0.322 e. The summed E-state index contributed by atoms with van der Waals surface area (Å²) in [4.78, 5) is 29.4. The van der Waals surface area contributed by atoms with Crippen LogP contribution in [0.15, 0.2) is 18.2 Å². The van der Waals surface area contributed by atoms with E-state index >= 15 is 0 Å². The minimum absolute atomic E-state index is 0.145. The number of carbonyl (C=O) groups is 1. The summed E-state index contributed by atoms with van der Waals surface area (Å²) in [7, 11) is 4.84. The van der Waals surface area contributed by atoms with Gasteiger partial charge in [0.05, 0.1) is 25.3 Å². The van der Waals surface area contributed by atoms with Gasteiger partial charge in [-0.2, -0.15) is 0 Å². The van der Waals surface area contributed by atoms with Crippen LogP contribution in [0.25, 0.3) is 10.2 Å². The monoisotopic (exact) mass is 497 g/mol. The molecule has 2 aromatic heterocycles. The van der Waals surface area contributed by atoms with Crippen LogP contribution in [0, 0.1) is 0 Å². The van der Waals surface area contributed by atoms with Crippen molar-refractivity contribution in [1.82, 2.24) is 14.9 Å². The lowest BCUT2D eigenvalue weighted by Gasteiger charge is -2.36. The average Bonchev–Trinajstić information content (AvgIpc) is 3.27. The highest BCUT2D eigenvalue weighted by atomic mass is 32.1. The Labute approximate surface area is 209 Å². The molecule has 10 heteroatoms. The molecule has 9 nitrogen and oxygen atoms in total. The number of hydrogen-bond acceptors (Lipinski definition) is 8. The highest BCUT2D eigenvalue weighted by Gasteiger charge is 2.28. The molecule has 1 aliphatic carbocycles. The molecule has 0 radical (unpaired) electrons. The molecule has 1 saturated heterocycles. The number of piperazine rings is 1. The molecular weight excluding hydrogens is 466 g/mol. The van der Waals surface area contributed by atoms with Gasteiger partial charge in [-0.05, 0) is 43.4 Å². The summed E-state index contributed by atoms with van der Waals surface area (Å²) in [6, 6.07) is 5.21. The fourth-order valence-electron chi connectivity index (χ4n) is 4.82. The van der Waals surface area contributed by atoms with Gasteiger partial charge in [0.2, 0.25) is 0 Å². The van der Waals surface area contributed by atoms with Gasteiger partial charge in [0.15, 0.2) is 5.82 Å². The molecule has 2 amide bonds. The summed E-state index contributed by atoms with van der Waals surface area (Å²) < 4.78 is 16.0. The summed E-state index contributed by atoms with van der Waals surface area (Å²) >= 11 is 1.80. The predicted octanol–water partition coefficient (Wildman–Crippen LogP) is 4.09. The molecule has 3 aromatic rings. The molecule has 3 heterocycles. The number of aryl methyl sites for hydroxylation is 2. The zero-order chi connectivity index (χ0) is 24.4. The van der Waals surface area contributed by atoms with Crippen LogP contribution in [0.5, 0.6) is 11.5 Å². The molecule has 0 saturated carbocycles. The highest BCUT2D eigenvalue weighted by molar-refractivity contribution is 7.19. The molecule has 1 aliphatic heterocycles. The lowest BCUT2D eigenvalue weighted by Crippen LogP contribution is -2.50. The summed E-state index contributed by atoms with van der Waals surface area (Å²) in [5, 5.41) is 4.18. The third kappa shape index (κ3) is 4.72. The molecule has 1 fully saturated rings. The van der Waals surface area contributed by atoms with E-state index in [-0.39, 0.29) is 6.03 Å². The quantitative estimate of drug-likeness (QED) is 0.549. The Balaban J connectivity index is 1.33. The van der Waals surface area contributed by atoms with Gasteiger partial charge >= 0.3 is 6.03 Å². The second-order valence-corrected chi connectivity index (χ2v) is 9.84. The molecule has 5 rings (SSSR count). The summed E-state index contributed by atoms with van der Waals surface area (Å²) in [5.41, 5.74) is 2.04. The molecule has 0 atom stereocenters. The molecule has 0 bridgehead atoms. The van der Waals surface area contributed by atoms with Crippen LogP contribution in [-0.2, 0) is 24.2 Å². The van der Waals surface area contributed by atoms with E-state index in [9.17, 15) is 4.79 Å². The van der Waals surface area contributed by atoms with Gasteiger partial charge < -0.3 is 29.3 Å². The maximum absolute atomic E-state index is 13.0. The van der Waals surface area contributed by atoms with Crippen molar-refractivity contribution in [3.05, 3.63) is 34.5 Å². The Kier molecular flexibility index (Phi) is 6.92. The largest absolute Gasteiger partial charge is 0.497 e. The number of aromatic nitrogens is 2. The van der Waals surface area contributed by atoms with Crippen LogP contribution in [0.2, 0.25) is 0 Å². The summed E-state index contributed by atoms with van der Waals surface area (Å²) in [6.45, 7) is 2.99. The second-order valence-electron chi connectivity index (χ2n) is 8.76. The summed E-state index contributed by atoms with van der Waals surface area (Å²) in [6.07, 6.45) is 4.65. The van der Waals surface area contributed by atoms with E-state index in [2.05, 4.69) is 10.2 Å². The first-order valence-corrected chi connectivity index (χ1v) is 12.8. The lowest BCUT2D eigenvalue weighted by atomic mass is 9.97. The van der Waals surface area contributed by atoms with E-state index in [1.54, 1.807) is 50.9 Å². The summed E-state index contributed by atoms with van der Waals surface area (Å²) in [5.74, 6) is 2.93. The molecular formula is C25H31N5O4S. The number of benzene rings is 1. The van der Waals surface area contributed by atoms with Crippen LogP contribution in [0.3, 0.4) is 0 Å². The number of nitrogens with one attached hydrogen (secondary N) is 1. The number of urea groups is 1. The van der Waals surface area contributed by atoms with Gasteiger partial charge in [0.25, 0.3) is 0 Å². The van der Waals surface area contributed by atoms with Crippen molar-refractivity contribution in [2.24, 2.45) is 0 Å². The Morgan fingerprint density at radius 3 is 2.60 bits per heavy atom. The van der Waals surface area contributed by atoms with E-state index < -0.39 is 0 Å². The number of fused-ring (bicyclic) bond motifs is 3. The van der Waals surface area contributed by atoms with Gasteiger partial charge in [-0.25, -0.2) is 14.8 Å². The number of hydrogen-bond donors (Lipinski definition) is 1. The number of nitrogens with zero attached hydrogens (tertiary/aromatic N) is 4. The van der Waals surface area contributed by atoms with Crippen molar-refractivity contribution in [2.75, 3.05) is 57.7 Å². The maximum atomic E-state index is 13.0. The van der Waals surface area contributed by atoms with Crippen molar-refractivity contribution in [3.8, 4) is 11.5 Å². The highest BCUT2D eigenvalue weighted by Crippen LogP contribution is 2.40. The first-order chi connectivity index (χ1) is 17.1. The van der Waals surface area contributed by atoms with Crippen molar-refractivity contribution in [2.45, 2.75) is 32.3 Å². The van der Waals surface area contributed by atoms with E-state index in [0.29, 0.717) is 55.8 Å². The molecule has 186 valence electrons. The number of carbonyl (C=O) groups excluding carboxylic acids is 1. The van der Waals surface area contributed by atoms with Gasteiger partial charge in [0.1, 0.15) is 28.8 Å². The Hall–Kier alpha value is -3.11. The van der Waals surface area contributed by atoms with E-state index in [4.69, 9.17) is 24.2 Å². The van der Waals surface area contributed by atoms with Gasteiger partial charge in [-0.3, -0.25) is 0 Å². The molecule has 2 aliphatic rings. The Bertz CT molecular complexity index is 1220. The number of rotatable bonds is 6. The van der Waals surface area contributed by atoms with Crippen molar-refractivity contribution in [3.63, 3.8) is 0 Å². The van der Waals surface area contributed by atoms with Crippen molar-refractivity contribution < 1.29 is 19.0 Å². The van der Waals surface area contributed by atoms with Crippen LogP contribution in [-0.4, -0.2) is 68.4 Å². The van der Waals surface area contributed by atoms with Gasteiger partial charge in [0, 0.05) is 44.2 Å². The average molecular weight is 498 g/mol. The standard InChI is InChI=1S/C25H31N5O4S/c1-32-15-21-27-23(22-17-6-4-5-7-20(17)35-24(22)28-21)29-10-12-30(13-11-29)25(31)26-18-9-8-16(33-2)14-19(18)34-3/h8-9,14H,4-7,10-13,15H2,1-3H3,(H,26,31). The smallest absolute Gasteiger partial charge is 0.322 e. The minimum atomic E-state index is -0.145. The van der Waals surface area contributed by atoms with Crippen molar-refractivity contribution in [1.29, 1.82) is 0 Å². The number of methoxy groups -OCH3 is 3. The Morgan fingerprint density at radius 2 is 1.86 bits per heavy atom. The normalized spacial score (nSPS) is 15.7. The molecule has 0 unspecified atom stereocenters. The lowest BCUT2D eigenvalue weighted by molar-refractivity contribution is 0.178. The fourth-order valence-corrected chi connectivity index (χ4v) is 6.10. The predicted molar refractivity (Wildman–Crippen MR) is 137 cm³/mol. The Morgan fingerprint density at radius 1 is 1.06 bits per heavy atom. The van der Waals surface area contributed by atoms with Crippen LogP contribution in [0.4, 0.5) is 16.3 Å². The van der Waals surface area contributed by atoms with Gasteiger partial charge in [-0.1, -0.05) is 0 Å².